The Balaban J connectivity index is 1.98. The molecule has 168 valence electrons. The van der Waals surface area contributed by atoms with Crippen LogP contribution in [-0.2, 0) is 10.0 Å². The largest absolute Gasteiger partial charge is 0.496 e. The number of amides is 1. The second-order valence-electron chi connectivity index (χ2n) is 7.63. The maximum atomic E-state index is 13.3. The Labute approximate surface area is 184 Å². The van der Waals surface area contributed by atoms with Crippen molar-refractivity contribution in [2.24, 2.45) is 0 Å². The third kappa shape index (κ3) is 4.70. The second kappa shape index (κ2) is 9.28. The van der Waals surface area contributed by atoms with Gasteiger partial charge in [-0.3, -0.25) is 4.79 Å². The number of carbonyl (C=O) groups is 1. The highest BCUT2D eigenvalue weighted by Crippen LogP contribution is 2.43. The highest BCUT2D eigenvalue weighted by Gasteiger charge is 2.40. The lowest BCUT2D eigenvalue weighted by Crippen LogP contribution is -2.44. The summed E-state index contributed by atoms with van der Waals surface area (Å²) < 4.78 is 41.0. The highest BCUT2D eigenvalue weighted by atomic mass is 32.2. The van der Waals surface area contributed by atoms with Gasteiger partial charge in [-0.2, -0.15) is 0 Å². The molecule has 2 aromatic carbocycles. The number of hydrogen-bond donors (Lipinski definition) is 2. The monoisotopic (exact) mass is 446 g/mol. The van der Waals surface area contributed by atoms with Crippen LogP contribution >= 0.6 is 0 Å². The van der Waals surface area contributed by atoms with Crippen LogP contribution in [0.15, 0.2) is 47.4 Å². The average Bonchev–Trinajstić information content (AvgIpc) is 2.78. The van der Waals surface area contributed by atoms with E-state index in [9.17, 15) is 13.2 Å². The first-order chi connectivity index (χ1) is 14.8. The van der Waals surface area contributed by atoms with Gasteiger partial charge in [-0.1, -0.05) is 32.0 Å². The molecule has 0 aliphatic carbocycles. The molecule has 1 atom stereocenters. The Morgan fingerprint density at radius 1 is 1.16 bits per heavy atom. The highest BCUT2D eigenvalue weighted by molar-refractivity contribution is 7.89. The van der Waals surface area contributed by atoms with E-state index < -0.39 is 21.7 Å². The number of methoxy groups -OCH3 is 1. The van der Waals surface area contributed by atoms with Crippen LogP contribution in [0.4, 0.5) is 0 Å². The summed E-state index contributed by atoms with van der Waals surface area (Å²) in [6.07, 6.45) is 2.05. The van der Waals surface area contributed by atoms with Crippen LogP contribution < -0.4 is 19.5 Å². The van der Waals surface area contributed by atoms with Gasteiger partial charge in [0.05, 0.1) is 23.6 Å². The number of rotatable bonds is 8. The molecule has 1 heterocycles. The van der Waals surface area contributed by atoms with Crippen molar-refractivity contribution in [2.45, 2.75) is 56.6 Å². The molecule has 0 radical (unpaired) electrons. The molecule has 0 aromatic heterocycles. The molecule has 1 aliphatic rings. The average molecular weight is 447 g/mol. The fourth-order valence-electron chi connectivity index (χ4n) is 3.95. The summed E-state index contributed by atoms with van der Waals surface area (Å²) in [5.41, 5.74) is 0.547. The molecule has 0 saturated carbocycles. The molecular formula is C23H30N2O5S. The maximum Gasteiger partial charge on any atom is 0.255 e. The van der Waals surface area contributed by atoms with Crippen molar-refractivity contribution in [1.29, 1.82) is 0 Å². The van der Waals surface area contributed by atoms with Gasteiger partial charge in [0.15, 0.2) is 0 Å². The van der Waals surface area contributed by atoms with E-state index in [2.05, 4.69) is 10.0 Å². The summed E-state index contributed by atoms with van der Waals surface area (Å²) in [5, 5.41) is 2.68. The van der Waals surface area contributed by atoms with Crippen LogP contribution in [0.25, 0.3) is 0 Å². The number of ether oxygens (including phenoxy) is 2. The van der Waals surface area contributed by atoms with Crippen molar-refractivity contribution < 1.29 is 22.7 Å². The van der Waals surface area contributed by atoms with Crippen LogP contribution in [0, 0.1) is 0 Å². The lowest BCUT2D eigenvalue weighted by molar-refractivity contribution is 0.0260. The second-order valence-corrected chi connectivity index (χ2v) is 9.34. The predicted molar refractivity (Wildman–Crippen MR) is 119 cm³/mol. The van der Waals surface area contributed by atoms with Crippen LogP contribution in [0.3, 0.4) is 0 Å². The first kappa shape index (κ1) is 23.1. The molecule has 2 aromatic rings. The lowest BCUT2D eigenvalue weighted by Gasteiger charge is -2.41. The van der Waals surface area contributed by atoms with Crippen LogP contribution in [0.2, 0.25) is 0 Å². The summed E-state index contributed by atoms with van der Waals surface area (Å²) in [6.45, 7) is 6.31. The zero-order valence-corrected chi connectivity index (χ0v) is 19.2. The molecule has 8 heteroatoms. The van der Waals surface area contributed by atoms with E-state index in [4.69, 9.17) is 9.47 Å². The summed E-state index contributed by atoms with van der Waals surface area (Å²) in [6, 6.07) is 11.4. The summed E-state index contributed by atoms with van der Waals surface area (Å²) in [7, 11) is -2.46. The topological polar surface area (TPSA) is 93.7 Å². The maximum absolute atomic E-state index is 13.3. The molecule has 0 bridgehead atoms. The smallest absolute Gasteiger partial charge is 0.255 e. The van der Waals surface area contributed by atoms with E-state index in [1.807, 2.05) is 38.1 Å². The van der Waals surface area contributed by atoms with Gasteiger partial charge in [-0.15, -0.1) is 0 Å². The molecule has 0 saturated heterocycles. The van der Waals surface area contributed by atoms with Crippen molar-refractivity contribution in [1.82, 2.24) is 10.0 Å². The summed E-state index contributed by atoms with van der Waals surface area (Å²) in [4.78, 5) is 12.4. The number of hydrogen-bond acceptors (Lipinski definition) is 5. The first-order valence-corrected chi connectivity index (χ1v) is 12.0. The van der Waals surface area contributed by atoms with Gasteiger partial charge in [0.1, 0.15) is 17.1 Å². The fourth-order valence-corrected chi connectivity index (χ4v) is 5.19. The fraction of sp³-hybridized carbons (Fsp3) is 0.435. The minimum atomic E-state index is -3.91. The van der Waals surface area contributed by atoms with Gasteiger partial charge in [0.2, 0.25) is 10.0 Å². The van der Waals surface area contributed by atoms with E-state index in [-0.39, 0.29) is 16.4 Å². The van der Waals surface area contributed by atoms with Crippen LogP contribution in [0.5, 0.6) is 11.5 Å². The number of fused-ring (bicyclic) bond motifs is 1. The molecule has 2 N–H and O–H groups in total. The minimum absolute atomic E-state index is 0.0112. The van der Waals surface area contributed by atoms with E-state index in [0.29, 0.717) is 24.5 Å². The molecule has 7 nitrogen and oxygen atoms in total. The zero-order chi connectivity index (χ0) is 22.6. The minimum Gasteiger partial charge on any atom is -0.496 e. The van der Waals surface area contributed by atoms with E-state index in [1.54, 1.807) is 6.92 Å². The Bertz CT molecular complexity index is 1050. The summed E-state index contributed by atoms with van der Waals surface area (Å²) >= 11 is 0. The Hall–Kier alpha value is -2.58. The van der Waals surface area contributed by atoms with Gasteiger partial charge in [-0.05, 0) is 44.0 Å². The van der Waals surface area contributed by atoms with Crippen molar-refractivity contribution >= 4 is 15.9 Å². The number of benzene rings is 2. The molecule has 0 spiro atoms. The Kier molecular flexibility index (Phi) is 6.91. The molecule has 3 rings (SSSR count). The third-order valence-electron chi connectivity index (χ3n) is 5.85. The number of nitrogens with one attached hydrogen (secondary N) is 2. The van der Waals surface area contributed by atoms with Crippen LogP contribution in [0.1, 0.15) is 62.0 Å². The van der Waals surface area contributed by atoms with Gasteiger partial charge >= 0.3 is 0 Å². The zero-order valence-electron chi connectivity index (χ0n) is 18.4. The van der Waals surface area contributed by atoms with E-state index in [0.717, 1.165) is 18.4 Å². The van der Waals surface area contributed by atoms with Crippen molar-refractivity contribution in [3.8, 4) is 11.5 Å². The molecule has 31 heavy (non-hydrogen) atoms. The quantitative estimate of drug-likeness (QED) is 0.643. The normalized spacial score (nSPS) is 17.4. The number of carbonyl (C=O) groups excluding carboxylic acids is 1. The molecular weight excluding hydrogens is 416 g/mol. The Morgan fingerprint density at radius 3 is 2.52 bits per heavy atom. The molecule has 1 aliphatic heterocycles. The van der Waals surface area contributed by atoms with Gasteiger partial charge in [-0.25, -0.2) is 13.1 Å². The molecule has 0 unspecified atom stereocenters. The van der Waals surface area contributed by atoms with Gasteiger partial charge in [0, 0.05) is 18.5 Å². The predicted octanol–water partition coefficient (Wildman–Crippen LogP) is 3.81. The van der Waals surface area contributed by atoms with Crippen LogP contribution in [-0.4, -0.2) is 33.6 Å². The van der Waals surface area contributed by atoms with Crippen molar-refractivity contribution in [3.63, 3.8) is 0 Å². The number of para-hydroxylation sites is 1. The van der Waals surface area contributed by atoms with Gasteiger partial charge in [0.25, 0.3) is 5.91 Å². The molecule has 0 fully saturated rings. The molecule has 1 amide bonds. The first-order valence-electron chi connectivity index (χ1n) is 10.6. The summed E-state index contributed by atoms with van der Waals surface area (Å²) in [5.74, 6) is 0.629. The standard InChI is InChI=1S/C23H30N2O5S/c1-5-23(6-2)15-19(17-10-8-9-11-21(17)30-23)25-31(27,28)16-12-13-20(29-4)18(14-16)22(26)24-7-3/h8-14,19,25H,5-7,15H2,1-4H3,(H,24,26)/t19-/m1/s1. The SMILES string of the molecule is CCNC(=O)c1cc(S(=O)(=O)N[C@@H]2CC(CC)(CC)Oc3ccccc32)ccc1OC. The van der Waals surface area contributed by atoms with E-state index in [1.165, 1.54) is 25.3 Å². The number of sulfonamides is 1. The van der Waals surface area contributed by atoms with Gasteiger partial charge < -0.3 is 14.8 Å². The Morgan fingerprint density at radius 2 is 1.87 bits per heavy atom. The van der Waals surface area contributed by atoms with Crippen molar-refractivity contribution in [3.05, 3.63) is 53.6 Å². The lowest BCUT2D eigenvalue weighted by atomic mass is 9.84. The van der Waals surface area contributed by atoms with Crippen molar-refractivity contribution in [2.75, 3.05) is 13.7 Å². The third-order valence-corrected chi connectivity index (χ3v) is 7.32. The van der Waals surface area contributed by atoms with E-state index >= 15 is 0 Å².